The minimum absolute atomic E-state index is 0.472. The van der Waals surface area contributed by atoms with Crippen molar-refractivity contribution in [1.82, 2.24) is 4.98 Å². The number of hydrogen-bond acceptors (Lipinski definition) is 3. The van der Waals surface area contributed by atoms with Crippen LogP contribution in [-0.2, 0) is 0 Å². The predicted molar refractivity (Wildman–Crippen MR) is 53.0 cm³/mol. The van der Waals surface area contributed by atoms with Gasteiger partial charge in [-0.05, 0) is 24.8 Å². The van der Waals surface area contributed by atoms with Crippen LogP contribution in [0.15, 0.2) is 12.3 Å². The van der Waals surface area contributed by atoms with Crippen LogP contribution in [0.5, 0.6) is 0 Å². The molecular weight excluding hydrogens is 174 g/mol. The zero-order valence-electron chi connectivity index (χ0n) is 7.62. The Hall–Kier alpha value is -2.00. The van der Waals surface area contributed by atoms with E-state index in [0.717, 1.165) is 0 Å². The number of nitriles is 1. The third kappa shape index (κ3) is 1.84. The summed E-state index contributed by atoms with van der Waals surface area (Å²) < 4.78 is 0. The number of hydrogen-bond donors (Lipinski definition) is 1. The summed E-state index contributed by atoms with van der Waals surface area (Å²) in [6.45, 7) is 0. The topological polar surface area (TPSA) is 62.7 Å². The molecule has 1 aliphatic rings. The molecule has 1 saturated carbocycles. The first-order chi connectivity index (χ1) is 6.79. The van der Waals surface area contributed by atoms with Gasteiger partial charge in [0.05, 0.1) is 11.3 Å². The van der Waals surface area contributed by atoms with E-state index in [-0.39, 0.29) is 0 Å². The molecule has 1 aromatic heterocycles. The predicted octanol–water partition coefficient (Wildman–Crippen LogP) is 1.30. The van der Waals surface area contributed by atoms with E-state index >= 15 is 0 Å². The van der Waals surface area contributed by atoms with Crippen LogP contribution in [0, 0.1) is 29.1 Å². The molecule has 0 aromatic carbocycles. The van der Waals surface area contributed by atoms with E-state index in [1.54, 1.807) is 6.07 Å². The Labute approximate surface area is 82.6 Å². The van der Waals surface area contributed by atoms with E-state index in [4.69, 9.17) is 11.0 Å². The van der Waals surface area contributed by atoms with E-state index < -0.39 is 0 Å². The Balaban J connectivity index is 2.27. The molecule has 0 aliphatic heterocycles. The largest absolute Gasteiger partial charge is 0.396 e. The van der Waals surface area contributed by atoms with E-state index in [0.29, 0.717) is 22.9 Å². The highest BCUT2D eigenvalue weighted by molar-refractivity contribution is 5.54. The maximum Gasteiger partial charge on any atom is 0.136 e. The van der Waals surface area contributed by atoms with E-state index in [1.165, 1.54) is 19.0 Å². The molecule has 1 aliphatic carbocycles. The summed E-state index contributed by atoms with van der Waals surface area (Å²) >= 11 is 0. The molecule has 68 valence electrons. The van der Waals surface area contributed by atoms with Gasteiger partial charge in [0.1, 0.15) is 11.8 Å². The molecule has 2 rings (SSSR count). The van der Waals surface area contributed by atoms with Crippen molar-refractivity contribution in [3.63, 3.8) is 0 Å². The maximum absolute atomic E-state index is 8.60. The number of aromatic nitrogens is 1. The lowest BCUT2D eigenvalue weighted by atomic mass is 10.2. The highest BCUT2D eigenvalue weighted by atomic mass is 14.7. The Kier molecular flexibility index (Phi) is 2.08. The number of nitrogens with zero attached hydrogens (tertiary/aromatic N) is 2. The summed E-state index contributed by atoms with van der Waals surface area (Å²) in [6.07, 6.45) is 3.86. The molecule has 0 spiro atoms. The average Bonchev–Trinajstić information content (AvgIpc) is 2.99. The Bertz CT molecular complexity index is 456. The van der Waals surface area contributed by atoms with Crippen molar-refractivity contribution in [2.24, 2.45) is 5.92 Å². The van der Waals surface area contributed by atoms with Gasteiger partial charge >= 0.3 is 0 Å². The third-order valence-corrected chi connectivity index (χ3v) is 2.02. The third-order valence-electron chi connectivity index (χ3n) is 2.02. The van der Waals surface area contributed by atoms with Gasteiger partial charge in [-0.2, -0.15) is 5.26 Å². The second-order valence-electron chi connectivity index (χ2n) is 3.32. The van der Waals surface area contributed by atoms with Gasteiger partial charge in [-0.15, -0.1) is 0 Å². The molecule has 1 aromatic rings. The molecule has 1 fully saturated rings. The normalized spacial score (nSPS) is 13.9. The molecule has 0 amide bonds. The Morgan fingerprint density at radius 3 is 2.86 bits per heavy atom. The summed E-state index contributed by atoms with van der Waals surface area (Å²) in [4.78, 5) is 4.03. The summed E-state index contributed by atoms with van der Waals surface area (Å²) in [6, 6.07) is 3.58. The quantitative estimate of drug-likeness (QED) is 0.616. The van der Waals surface area contributed by atoms with Crippen LogP contribution >= 0.6 is 0 Å². The van der Waals surface area contributed by atoms with Gasteiger partial charge in [0.25, 0.3) is 0 Å². The molecule has 0 radical (unpaired) electrons. The molecule has 2 N–H and O–H groups in total. The molecule has 0 bridgehead atoms. The van der Waals surface area contributed by atoms with Gasteiger partial charge in [-0.25, -0.2) is 4.98 Å². The van der Waals surface area contributed by atoms with Crippen molar-refractivity contribution in [2.45, 2.75) is 12.8 Å². The second kappa shape index (κ2) is 3.40. The van der Waals surface area contributed by atoms with Crippen molar-refractivity contribution in [1.29, 1.82) is 5.26 Å². The van der Waals surface area contributed by atoms with Crippen molar-refractivity contribution in [2.75, 3.05) is 5.73 Å². The minimum Gasteiger partial charge on any atom is -0.396 e. The number of pyridine rings is 1. The molecular formula is C11H9N3. The summed E-state index contributed by atoms with van der Waals surface area (Å²) in [5, 5.41) is 8.60. The Morgan fingerprint density at radius 2 is 2.29 bits per heavy atom. The second-order valence-corrected chi connectivity index (χ2v) is 3.32. The highest BCUT2D eigenvalue weighted by Gasteiger charge is 2.17. The molecule has 3 heteroatoms. The molecule has 0 unspecified atom stereocenters. The van der Waals surface area contributed by atoms with Crippen molar-refractivity contribution >= 4 is 5.69 Å². The smallest absolute Gasteiger partial charge is 0.136 e. The van der Waals surface area contributed by atoms with Gasteiger partial charge in [0.2, 0.25) is 0 Å². The molecule has 0 atom stereocenters. The monoisotopic (exact) mass is 183 g/mol. The van der Waals surface area contributed by atoms with Crippen molar-refractivity contribution in [3.8, 4) is 17.9 Å². The molecule has 14 heavy (non-hydrogen) atoms. The zero-order valence-corrected chi connectivity index (χ0v) is 7.62. The lowest BCUT2D eigenvalue weighted by Gasteiger charge is -1.96. The van der Waals surface area contributed by atoms with Crippen LogP contribution in [-0.4, -0.2) is 4.98 Å². The first kappa shape index (κ1) is 8.59. The van der Waals surface area contributed by atoms with Gasteiger partial charge in [0, 0.05) is 12.1 Å². The molecule has 0 saturated heterocycles. The molecule has 3 nitrogen and oxygen atoms in total. The summed E-state index contributed by atoms with van der Waals surface area (Å²) in [7, 11) is 0. The highest BCUT2D eigenvalue weighted by Crippen LogP contribution is 2.27. The molecule has 1 heterocycles. The van der Waals surface area contributed by atoms with E-state index in [9.17, 15) is 0 Å². The SMILES string of the molecule is N#Cc1cnc(C#CC2CC2)c(N)c1. The first-order valence-electron chi connectivity index (χ1n) is 4.47. The fourth-order valence-corrected chi connectivity index (χ4v) is 1.05. The first-order valence-corrected chi connectivity index (χ1v) is 4.47. The van der Waals surface area contributed by atoms with Gasteiger partial charge < -0.3 is 5.73 Å². The van der Waals surface area contributed by atoms with Crippen molar-refractivity contribution < 1.29 is 0 Å². The summed E-state index contributed by atoms with van der Waals surface area (Å²) in [5.41, 5.74) is 7.22. The summed E-state index contributed by atoms with van der Waals surface area (Å²) in [5.74, 6) is 6.54. The number of nitrogens with two attached hydrogens (primary N) is 1. The average molecular weight is 183 g/mol. The number of nitrogen functional groups attached to an aromatic ring is 1. The number of rotatable bonds is 0. The van der Waals surface area contributed by atoms with Crippen LogP contribution in [0.2, 0.25) is 0 Å². The van der Waals surface area contributed by atoms with Crippen molar-refractivity contribution in [3.05, 3.63) is 23.5 Å². The number of anilines is 1. The minimum atomic E-state index is 0.472. The Morgan fingerprint density at radius 1 is 1.50 bits per heavy atom. The van der Waals surface area contributed by atoms with E-state index in [2.05, 4.69) is 16.8 Å². The maximum atomic E-state index is 8.60. The fraction of sp³-hybridized carbons (Fsp3) is 0.273. The van der Waals surface area contributed by atoms with E-state index in [1.807, 2.05) is 6.07 Å². The lowest BCUT2D eigenvalue weighted by molar-refractivity contribution is 1.17. The van der Waals surface area contributed by atoms with Crippen LogP contribution in [0.3, 0.4) is 0 Å². The van der Waals surface area contributed by atoms with Crippen LogP contribution < -0.4 is 5.73 Å². The zero-order chi connectivity index (χ0) is 9.97. The van der Waals surface area contributed by atoms with Crippen LogP contribution in [0.25, 0.3) is 0 Å². The van der Waals surface area contributed by atoms with Gasteiger partial charge in [0.15, 0.2) is 0 Å². The standard InChI is InChI=1S/C11H9N3/c12-6-9-5-10(13)11(14-7-9)4-3-8-1-2-8/h5,7-8H,1-2,13H2. The fourth-order valence-electron chi connectivity index (χ4n) is 1.05. The van der Waals surface area contributed by atoms with Crippen LogP contribution in [0.1, 0.15) is 24.1 Å². The van der Waals surface area contributed by atoms with Gasteiger partial charge in [-0.1, -0.05) is 5.92 Å². The van der Waals surface area contributed by atoms with Gasteiger partial charge in [-0.3, -0.25) is 0 Å². The lowest BCUT2D eigenvalue weighted by Crippen LogP contribution is -1.94. The van der Waals surface area contributed by atoms with Crippen LogP contribution in [0.4, 0.5) is 5.69 Å².